The number of rotatable bonds is 6. The number of amides is 1. The van der Waals surface area contributed by atoms with Crippen molar-refractivity contribution in [3.8, 4) is 0 Å². The van der Waals surface area contributed by atoms with E-state index >= 15 is 0 Å². The molecule has 0 spiro atoms. The van der Waals surface area contributed by atoms with Crippen molar-refractivity contribution in [2.24, 2.45) is 5.92 Å². The molecule has 1 unspecified atom stereocenters. The second-order valence-electron chi connectivity index (χ2n) is 7.67. The van der Waals surface area contributed by atoms with Gasteiger partial charge in [-0.3, -0.25) is 4.79 Å². The Kier molecular flexibility index (Phi) is 6.31. The van der Waals surface area contributed by atoms with Crippen LogP contribution >= 0.6 is 11.6 Å². The fraction of sp³-hybridized carbons (Fsp3) is 0.350. The van der Waals surface area contributed by atoms with E-state index < -0.39 is 28.4 Å². The zero-order valence-electron chi connectivity index (χ0n) is 17.2. The third kappa shape index (κ3) is 4.69. The van der Waals surface area contributed by atoms with Gasteiger partial charge in [0.15, 0.2) is 6.61 Å². The molecule has 1 aromatic heterocycles. The van der Waals surface area contributed by atoms with Crippen LogP contribution in [-0.2, 0) is 14.8 Å². The van der Waals surface area contributed by atoms with Gasteiger partial charge in [0.2, 0.25) is 10.0 Å². The number of nitrogens with one attached hydrogen (secondary N) is 1. The number of piperidine rings is 1. The molecule has 1 aliphatic rings. The molecule has 3 aromatic rings. The van der Waals surface area contributed by atoms with Crippen molar-refractivity contribution in [1.29, 1.82) is 0 Å². The highest BCUT2D eigenvalue weighted by atomic mass is 35.5. The van der Waals surface area contributed by atoms with Crippen LogP contribution in [0.5, 0.6) is 0 Å². The minimum atomic E-state index is -3.67. The third-order valence-electron chi connectivity index (χ3n) is 5.17. The SMILES string of the molecule is CC1CCCN(S(=O)(=O)c2ccc3nnn(OCC(=O)Nc4ccc(F)c(Cl)c4)c3c2)C1. The molecule has 32 heavy (non-hydrogen) atoms. The Labute approximate surface area is 189 Å². The number of carbonyl (C=O) groups excluding carboxylic acids is 1. The first kappa shape index (κ1) is 22.4. The molecular formula is C20H21ClFN5O4S. The highest BCUT2D eigenvalue weighted by Crippen LogP contribution is 2.25. The maximum Gasteiger partial charge on any atom is 0.265 e. The second kappa shape index (κ2) is 9.00. The van der Waals surface area contributed by atoms with Crippen LogP contribution in [0.15, 0.2) is 41.3 Å². The van der Waals surface area contributed by atoms with Gasteiger partial charge >= 0.3 is 0 Å². The lowest BCUT2D eigenvalue weighted by molar-refractivity contribution is -0.121. The maximum atomic E-state index is 13.2. The topological polar surface area (TPSA) is 106 Å². The molecule has 12 heteroatoms. The van der Waals surface area contributed by atoms with Crippen molar-refractivity contribution in [1.82, 2.24) is 19.5 Å². The highest BCUT2D eigenvalue weighted by molar-refractivity contribution is 7.89. The van der Waals surface area contributed by atoms with Gasteiger partial charge in [-0.25, -0.2) is 12.8 Å². The number of halogens is 2. The molecule has 2 aromatic carbocycles. The zero-order valence-corrected chi connectivity index (χ0v) is 18.7. The molecule has 1 aliphatic heterocycles. The number of nitrogens with zero attached hydrogens (tertiary/aromatic N) is 4. The van der Waals surface area contributed by atoms with Crippen molar-refractivity contribution in [3.05, 3.63) is 47.2 Å². The molecule has 1 N–H and O–H groups in total. The number of anilines is 1. The van der Waals surface area contributed by atoms with Gasteiger partial charge in [-0.1, -0.05) is 23.4 Å². The lowest BCUT2D eigenvalue weighted by Gasteiger charge is -2.30. The van der Waals surface area contributed by atoms with Crippen molar-refractivity contribution in [2.45, 2.75) is 24.7 Å². The normalized spacial score (nSPS) is 17.4. The van der Waals surface area contributed by atoms with Gasteiger partial charge in [0.1, 0.15) is 16.9 Å². The molecule has 0 aliphatic carbocycles. The minimum Gasteiger partial charge on any atom is -0.385 e. The molecule has 1 atom stereocenters. The molecule has 1 amide bonds. The van der Waals surface area contributed by atoms with E-state index in [9.17, 15) is 17.6 Å². The minimum absolute atomic E-state index is 0.108. The number of carbonyl (C=O) groups is 1. The van der Waals surface area contributed by atoms with Gasteiger partial charge in [-0.15, -0.1) is 5.10 Å². The van der Waals surface area contributed by atoms with E-state index in [-0.39, 0.29) is 9.92 Å². The van der Waals surface area contributed by atoms with E-state index in [0.29, 0.717) is 35.7 Å². The summed E-state index contributed by atoms with van der Waals surface area (Å²) in [4.78, 5) is 18.7. The Morgan fingerprint density at radius 3 is 2.88 bits per heavy atom. The van der Waals surface area contributed by atoms with Gasteiger partial charge in [0.25, 0.3) is 5.91 Å². The zero-order chi connectivity index (χ0) is 22.9. The second-order valence-corrected chi connectivity index (χ2v) is 10.0. The van der Waals surface area contributed by atoms with Crippen LogP contribution in [0.2, 0.25) is 5.02 Å². The van der Waals surface area contributed by atoms with E-state index in [0.717, 1.165) is 23.8 Å². The molecular weight excluding hydrogens is 461 g/mol. The third-order valence-corrected chi connectivity index (χ3v) is 7.32. The Balaban J connectivity index is 1.49. The predicted octanol–water partition coefficient (Wildman–Crippen LogP) is 2.71. The largest absolute Gasteiger partial charge is 0.385 e. The summed E-state index contributed by atoms with van der Waals surface area (Å²) in [5, 5.41) is 10.2. The summed E-state index contributed by atoms with van der Waals surface area (Å²) in [6.07, 6.45) is 1.82. The summed E-state index contributed by atoms with van der Waals surface area (Å²) in [7, 11) is -3.67. The molecule has 4 rings (SSSR count). The first-order valence-electron chi connectivity index (χ1n) is 9.98. The van der Waals surface area contributed by atoms with Gasteiger partial charge in [0.05, 0.1) is 9.92 Å². The van der Waals surface area contributed by atoms with Crippen LogP contribution in [0.3, 0.4) is 0 Å². The Morgan fingerprint density at radius 2 is 2.12 bits per heavy atom. The molecule has 170 valence electrons. The molecule has 0 radical (unpaired) electrons. The Bertz CT molecular complexity index is 1270. The summed E-state index contributed by atoms with van der Waals surface area (Å²) in [6.45, 7) is 2.55. The molecule has 1 saturated heterocycles. The molecule has 0 bridgehead atoms. The van der Waals surface area contributed by atoms with Crippen molar-refractivity contribution >= 4 is 44.3 Å². The van der Waals surface area contributed by atoms with E-state index in [1.165, 1.54) is 28.6 Å². The molecule has 1 fully saturated rings. The van der Waals surface area contributed by atoms with Crippen LogP contribution in [0.1, 0.15) is 19.8 Å². The van der Waals surface area contributed by atoms with E-state index in [2.05, 4.69) is 15.6 Å². The average molecular weight is 482 g/mol. The summed E-state index contributed by atoms with van der Waals surface area (Å²) >= 11 is 5.70. The van der Waals surface area contributed by atoms with Crippen LogP contribution in [0.4, 0.5) is 10.1 Å². The lowest BCUT2D eigenvalue weighted by atomic mass is 10.0. The first-order chi connectivity index (χ1) is 15.2. The van der Waals surface area contributed by atoms with E-state index in [1.54, 1.807) is 6.07 Å². The van der Waals surface area contributed by atoms with Crippen LogP contribution < -0.4 is 10.2 Å². The summed E-state index contributed by atoms with van der Waals surface area (Å²) in [5.41, 5.74) is 1.04. The summed E-state index contributed by atoms with van der Waals surface area (Å²) < 4.78 is 40.9. The molecule has 2 heterocycles. The van der Waals surface area contributed by atoms with Crippen LogP contribution in [0, 0.1) is 11.7 Å². The summed E-state index contributed by atoms with van der Waals surface area (Å²) in [6, 6.07) is 8.24. The predicted molar refractivity (Wildman–Crippen MR) is 116 cm³/mol. The number of hydrogen-bond donors (Lipinski definition) is 1. The number of hydrogen-bond acceptors (Lipinski definition) is 6. The smallest absolute Gasteiger partial charge is 0.265 e. The number of fused-ring (bicyclic) bond motifs is 1. The van der Waals surface area contributed by atoms with Crippen LogP contribution in [-0.4, -0.2) is 53.5 Å². The van der Waals surface area contributed by atoms with Gasteiger partial charge in [-0.2, -0.15) is 4.31 Å². The number of aromatic nitrogens is 3. The maximum absolute atomic E-state index is 13.2. The van der Waals surface area contributed by atoms with E-state index in [1.807, 2.05) is 6.92 Å². The lowest BCUT2D eigenvalue weighted by Crippen LogP contribution is -2.39. The average Bonchev–Trinajstić information content (AvgIpc) is 3.17. The Hall–Kier alpha value is -2.76. The summed E-state index contributed by atoms with van der Waals surface area (Å²) in [5.74, 6) is -0.838. The van der Waals surface area contributed by atoms with Gasteiger partial charge in [0, 0.05) is 18.8 Å². The number of sulfonamides is 1. The quantitative estimate of drug-likeness (QED) is 0.580. The monoisotopic (exact) mass is 481 g/mol. The standard InChI is InChI=1S/C20H21ClFN5O4S/c1-13-3-2-8-26(11-13)32(29,30)15-5-7-18-19(10-15)27(25-24-18)31-12-20(28)23-14-4-6-17(22)16(21)9-14/h4-7,9-10,13H,2-3,8,11-12H2,1H3,(H,23,28). The highest BCUT2D eigenvalue weighted by Gasteiger charge is 2.29. The van der Waals surface area contributed by atoms with Crippen molar-refractivity contribution < 1.29 is 22.4 Å². The van der Waals surface area contributed by atoms with E-state index in [4.69, 9.17) is 16.4 Å². The first-order valence-corrected chi connectivity index (χ1v) is 11.8. The molecule has 9 nitrogen and oxygen atoms in total. The van der Waals surface area contributed by atoms with Crippen LogP contribution in [0.25, 0.3) is 11.0 Å². The molecule has 0 saturated carbocycles. The fourth-order valence-electron chi connectivity index (χ4n) is 3.54. The fourth-order valence-corrected chi connectivity index (χ4v) is 5.34. The number of benzene rings is 2. The Morgan fingerprint density at radius 1 is 1.31 bits per heavy atom. The van der Waals surface area contributed by atoms with Gasteiger partial charge in [-0.05, 0) is 60.4 Å². The van der Waals surface area contributed by atoms with Gasteiger partial charge < -0.3 is 10.2 Å². The van der Waals surface area contributed by atoms with Crippen molar-refractivity contribution in [2.75, 3.05) is 25.0 Å². The van der Waals surface area contributed by atoms with Crippen molar-refractivity contribution in [3.63, 3.8) is 0 Å².